The Balaban J connectivity index is 4.13. The second-order valence-electron chi connectivity index (χ2n) is 7.12. The zero-order valence-corrected chi connectivity index (χ0v) is 20.5. The fraction of sp³-hybridized carbons (Fsp3) is 0.778. The fourth-order valence-electron chi connectivity index (χ4n) is 2.35. The van der Waals surface area contributed by atoms with Crippen LogP contribution in [0, 0.1) is 0 Å². The van der Waals surface area contributed by atoms with E-state index in [4.69, 9.17) is 8.23 Å². The van der Waals surface area contributed by atoms with Crippen molar-refractivity contribution < 1.29 is 13.0 Å². The first-order chi connectivity index (χ1) is 11.4. The normalized spacial score (nSPS) is 14.4. The lowest BCUT2D eigenvalue weighted by Crippen LogP contribution is -2.44. The number of rotatable bonds is 15. The third-order valence-corrected chi connectivity index (χ3v) is 11.8. The summed E-state index contributed by atoms with van der Waals surface area (Å²) >= 11 is 0. The smallest absolute Gasteiger partial charge is 0.418 e. The van der Waals surface area contributed by atoms with Crippen LogP contribution in [0.2, 0.25) is 6.04 Å². The summed E-state index contributed by atoms with van der Waals surface area (Å²) in [5, 5.41) is 0. The molecule has 0 amide bonds. The van der Waals surface area contributed by atoms with Crippen LogP contribution >= 0.6 is 0 Å². The molecule has 1 N–H and O–H groups in total. The minimum absolute atomic E-state index is 0.731. The molecule has 0 spiro atoms. The van der Waals surface area contributed by atoms with E-state index >= 15 is 0 Å². The minimum atomic E-state index is -2.93. The molecule has 0 aliphatic heterocycles. The van der Waals surface area contributed by atoms with Gasteiger partial charge in [-0.05, 0) is 34.1 Å². The molecular formula is C18H40O3Si3. The highest BCUT2D eigenvalue weighted by Gasteiger charge is 2.34. The lowest BCUT2D eigenvalue weighted by Gasteiger charge is -2.24. The van der Waals surface area contributed by atoms with Gasteiger partial charge in [0.2, 0.25) is 0 Å². The average molecular weight is 389 g/mol. The van der Waals surface area contributed by atoms with Crippen LogP contribution in [0.4, 0.5) is 0 Å². The maximum absolute atomic E-state index is 10.8. The number of hydrogen-bond donors (Lipinski definition) is 1. The molecule has 142 valence electrons. The molecule has 0 bridgehead atoms. The van der Waals surface area contributed by atoms with E-state index in [0.717, 1.165) is 12.5 Å². The van der Waals surface area contributed by atoms with Gasteiger partial charge in [0.1, 0.15) is 0 Å². The molecule has 0 atom stereocenters. The van der Waals surface area contributed by atoms with Crippen molar-refractivity contribution in [1.29, 1.82) is 0 Å². The van der Waals surface area contributed by atoms with Gasteiger partial charge in [-0.25, -0.2) is 0 Å². The lowest BCUT2D eigenvalue weighted by molar-refractivity contribution is 0.262. The lowest BCUT2D eigenvalue weighted by atomic mass is 10.1. The van der Waals surface area contributed by atoms with E-state index in [1.165, 1.54) is 56.1 Å². The fourth-order valence-corrected chi connectivity index (χ4v) is 8.70. The van der Waals surface area contributed by atoms with Crippen LogP contribution < -0.4 is 0 Å². The summed E-state index contributed by atoms with van der Waals surface area (Å²) in [6.07, 6.45) is 10.2. The second kappa shape index (κ2) is 15.3. The Morgan fingerprint density at radius 1 is 0.792 bits per heavy atom. The summed E-state index contributed by atoms with van der Waals surface area (Å²) in [5.41, 5.74) is 6.84. The van der Waals surface area contributed by atoms with Crippen LogP contribution in [-0.4, -0.2) is 33.1 Å². The van der Waals surface area contributed by atoms with Crippen molar-refractivity contribution in [2.24, 2.45) is 0 Å². The zero-order valence-electron chi connectivity index (χ0n) is 16.7. The van der Waals surface area contributed by atoms with Gasteiger partial charge in [-0.1, -0.05) is 74.4 Å². The first-order valence-electron chi connectivity index (χ1n) is 9.66. The Kier molecular flexibility index (Phi) is 15.3. The molecule has 0 fully saturated rings. The predicted octanol–water partition coefficient (Wildman–Crippen LogP) is 4.11. The molecule has 0 aromatic carbocycles. The van der Waals surface area contributed by atoms with Crippen LogP contribution in [-0.2, 0) is 8.23 Å². The van der Waals surface area contributed by atoms with Gasteiger partial charge in [0.15, 0.2) is 19.5 Å². The summed E-state index contributed by atoms with van der Waals surface area (Å²) in [7, 11) is -4.56. The Labute approximate surface area is 156 Å². The molecule has 3 nitrogen and oxygen atoms in total. The van der Waals surface area contributed by atoms with Crippen LogP contribution in [0.1, 0.15) is 86.0 Å². The van der Waals surface area contributed by atoms with Gasteiger partial charge < -0.3 is 13.0 Å². The highest BCUT2D eigenvalue weighted by Crippen LogP contribution is 2.17. The Morgan fingerprint density at radius 3 is 1.62 bits per heavy atom. The van der Waals surface area contributed by atoms with Gasteiger partial charge in [0.05, 0.1) is 0 Å². The van der Waals surface area contributed by atoms with Crippen molar-refractivity contribution in [3.05, 3.63) is 22.5 Å². The van der Waals surface area contributed by atoms with E-state index in [9.17, 15) is 4.80 Å². The molecule has 0 aromatic heterocycles. The summed E-state index contributed by atoms with van der Waals surface area (Å²) in [4.78, 5) is 10.8. The first-order valence-corrected chi connectivity index (χ1v) is 14.4. The molecule has 6 heteroatoms. The topological polar surface area (TPSA) is 38.7 Å². The number of allylic oxidation sites excluding steroid dienone is 2. The molecule has 0 saturated heterocycles. The molecule has 24 heavy (non-hydrogen) atoms. The van der Waals surface area contributed by atoms with Gasteiger partial charge in [0, 0.05) is 6.04 Å². The molecule has 0 aliphatic rings. The van der Waals surface area contributed by atoms with E-state index < -0.39 is 28.3 Å². The molecule has 0 radical (unpaired) electrons. The van der Waals surface area contributed by atoms with Crippen molar-refractivity contribution in [3.63, 3.8) is 0 Å². The average Bonchev–Trinajstić information content (AvgIpc) is 2.49. The standard InChI is InChI=1S/C18H40O3Si3/c1-6-7-8-9-10-11-12-13-14-24(19,20-22-15-17(2)3)21-23-16-18(4)5/h15-16,19H,6-14,22-23H2,1-5H3. The molecule has 0 rings (SSSR count). The van der Waals surface area contributed by atoms with Gasteiger partial charge in [-0.3, -0.25) is 0 Å². The van der Waals surface area contributed by atoms with Gasteiger partial charge in [-0.15, -0.1) is 0 Å². The third kappa shape index (κ3) is 15.5. The second-order valence-corrected chi connectivity index (χ2v) is 12.8. The summed E-state index contributed by atoms with van der Waals surface area (Å²) < 4.78 is 11.8. The Morgan fingerprint density at radius 2 is 1.21 bits per heavy atom. The maximum atomic E-state index is 10.8. The monoisotopic (exact) mass is 388 g/mol. The van der Waals surface area contributed by atoms with Crippen LogP contribution in [0.25, 0.3) is 0 Å². The highest BCUT2D eigenvalue weighted by molar-refractivity contribution is 6.70. The summed E-state index contributed by atoms with van der Waals surface area (Å²) in [6, 6.07) is 0.731. The zero-order chi connectivity index (χ0) is 18.3. The molecule has 0 unspecified atom stereocenters. The van der Waals surface area contributed by atoms with Gasteiger partial charge >= 0.3 is 8.80 Å². The van der Waals surface area contributed by atoms with E-state index in [-0.39, 0.29) is 0 Å². The molecular weight excluding hydrogens is 348 g/mol. The van der Waals surface area contributed by atoms with Gasteiger partial charge in [0.25, 0.3) is 0 Å². The van der Waals surface area contributed by atoms with Crippen molar-refractivity contribution in [2.75, 3.05) is 0 Å². The maximum Gasteiger partial charge on any atom is 0.476 e. The van der Waals surface area contributed by atoms with Crippen molar-refractivity contribution >= 4 is 28.3 Å². The Bertz CT molecular complexity index is 341. The van der Waals surface area contributed by atoms with E-state index in [1.54, 1.807) is 0 Å². The van der Waals surface area contributed by atoms with Crippen LogP contribution in [0.15, 0.2) is 22.5 Å². The van der Waals surface area contributed by atoms with Crippen LogP contribution in [0.3, 0.4) is 0 Å². The Hall–Kier alpha value is 0.0106. The SMILES string of the molecule is CCCCCCCCCC[Si](O)(O[SiH2]C=C(C)C)O[SiH2]C=C(C)C. The van der Waals surface area contributed by atoms with Gasteiger partial charge in [-0.2, -0.15) is 0 Å². The van der Waals surface area contributed by atoms with E-state index in [0.29, 0.717) is 0 Å². The molecule has 0 aromatic rings. The van der Waals surface area contributed by atoms with Crippen molar-refractivity contribution in [2.45, 2.75) is 92.0 Å². The van der Waals surface area contributed by atoms with E-state index in [1.807, 2.05) is 0 Å². The molecule has 0 saturated carbocycles. The quantitative estimate of drug-likeness (QED) is 0.339. The molecule has 0 heterocycles. The molecule has 0 aliphatic carbocycles. The number of unbranched alkanes of at least 4 members (excludes halogenated alkanes) is 7. The van der Waals surface area contributed by atoms with Crippen LogP contribution in [0.5, 0.6) is 0 Å². The summed E-state index contributed by atoms with van der Waals surface area (Å²) in [5.74, 6) is 0. The third-order valence-electron chi connectivity index (χ3n) is 3.95. The van der Waals surface area contributed by atoms with Crippen molar-refractivity contribution in [3.8, 4) is 0 Å². The highest BCUT2D eigenvalue weighted by atomic mass is 28.4. The summed E-state index contributed by atoms with van der Waals surface area (Å²) in [6.45, 7) is 10.6. The first kappa shape index (κ1) is 24.0. The number of hydrogen-bond acceptors (Lipinski definition) is 3. The largest absolute Gasteiger partial charge is 0.476 e. The predicted molar refractivity (Wildman–Crippen MR) is 114 cm³/mol. The van der Waals surface area contributed by atoms with Crippen molar-refractivity contribution in [1.82, 2.24) is 0 Å². The minimum Gasteiger partial charge on any atom is -0.418 e. The van der Waals surface area contributed by atoms with E-state index in [2.05, 4.69) is 46.0 Å².